The Kier molecular flexibility index (Phi) is 3.55. The van der Waals surface area contributed by atoms with Gasteiger partial charge in [0.1, 0.15) is 5.75 Å². The van der Waals surface area contributed by atoms with Gasteiger partial charge in [-0.1, -0.05) is 24.3 Å². The number of rotatable bonds is 2. The first-order valence-corrected chi connectivity index (χ1v) is 5.41. The molecule has 0 unspecified atom stereocenters. The van der Waals surface area contributed by atoms with Gasteiger partial charge in [0.05, 0.1) is 11.1 Å². The summed E-state index contributed by atoms with van der Waals surface area (Å²) < 4.78 is 42.5. The third-order valence-electron chi connectivity index (χ3n) is 2.38. The number of esters is 1. The first-order chi connectivity index (χ1) is 8.97. The van der Waals surface area contributed by atoms with Gasteiger partial charge in [0.25, 0.3) is 0 Å². The summed E-state index contributed by atoms with van der Waals surface area (Å²) in [6.45, 7) is 0. The van der Waals surface area contributed by atoms with Crippen LogP contribution < -0.4 is 4.74 Å². The van der Waals surface area contributed by atoms with Crippen LogP contribution in [0.4, 0.5) is 13.2 Å². The smallest absolute Gasteiger partial charge is 0.416 e. The minimum Gasteiger partial charge on any atom is -0.423 e. The zero-order valence-electron chi connectivity index (χ0n) is 9.65. The maximum absolute atomic E-state index is 12.5. The first-order valence-electron chi connectivity index (χ1n) is 5.41. The van der Waals surface area contributed by atoms with E-state index in [1.807, 2.05) is 0 Å². The molecule has 0 aliphatic rings. The van der Waals surface area contributed by atoms with Crippen molar-refractivity contribution >= 4 is 5.97 Å². The summed E-state index contributed by atoms with van der Waals surface area (Å²) in [6.07, 6.45) is -4.48. The molecule has 5 heteroatoms. The Morgan fingerprint density at radius 2 is 1.63 bits per heavy atom. The highest BCUT2D eigenvalue weighted by molar-refractivity contribution is 5.91. The summed E-state index contributed by atoms with van der Waals surface area (Å²) in [5.41, 5.74) is -1.02. The van der Waals surface area contributed by atoms with Crippen molar-refractivity contribution in [1.82, 2.24) is 0 Å². The van der Waals surface area contributed by atoms with Crippen LogP contribution in [0.3, 0.4) is 0 Å². The van der Waals surface area contributed by atoms with E-state index in [0.29, 0.717) is 0 Å². The zero-order valence-corrected chi connectivity index (χ0v) is 9.65. The summed E-state index contributed by atoms with van der Waals surface area (Å²) in [7, 11) is 0. The van der Waals surface area contributed by atoms with Gasteiger partial charge in [-0.3, -0.25) is 0 Å². The van der Waals surface area contributed by atoms with Gasteiger partial charge in [-0.25, -0.2) is 4.79 Å². The third-order valence-corrected chi connectivity index (χ3v) is 2.38. The van der Waals surface area contributed by atoms with Gasteiger partial charge in [-0.15, -0.1) is 0 Å². The lowest BCUT2D eigenvalue weighted by molar-refractivity contribution is -0.137. The van der Waals surface area contributed by atoms with E-state index in [4.69, 9.17) is 4.74 Å². The molecule has 19 heavy (non-hydrogen) atoms. The predicted octanol–water partition coefficient (Wildman–Crippen LogP) is 3.92. The minimum atomic E-state index is -4.48. The van der Waals surface area contributed by atoms with E-state index in [-0.39, 0.29) is 11.3 Å². The van der Waals surface area contributed by atoms with Gasteiger partial charge in [0.15, 0.2) is 0 Å². The van der Waals surface area contributed by atoms with Crippen molar-refractivity contribution in [2.24, 2.45) is 0 Å². The summed E-state index contributed by atoms with van der Waals surface area (Å²) in [4.78, 5) is 11.7. The molecule has 0 fully saturated rings. The Labute approximate surface area is 107 Å². The fourth-order valence-electron chi connectivity index (χ4n) is 1.48. The Morgan fingerprint density at radius 1 is 0.947 bits per heavy atom. The number of benzene rings is 2. The van der Waals surface area contributed by atoms with Crippen LogP contribution in [-0.2, 0) is 6.18 Å². The standard InChI is InChI=1S/C14H9F3O2/c15-14(16,17)11-6-4-5-10(9-11)13(18)19-12-7-2-1-3-8-12/h1-9H. The van der Waals surface area contributed by atoms with Crippen LogP contribution in [0, 0.1) is 0 Å². The van der Waals surface area contributed by atoms with Crippen molar-refractivity contribution in [2.45, 2.75) is 6.18 Å². The Bertz CT molecular complexity index is 577. The second-order valence-corrected chi connectivity index (χ2v) is 3.78. The number of carbonyl (C=O) groups excluding carboxylic acids is 1. The summed E-state index contributed by atoms with van der Waals surface area (Å²) >= 11 is 0. The van der Waals surface area contributed by atoms with Gasteiger partial charge >= 0.3 is 12.1 Å². The fourth-order valence-corrected chi connectivity index (χ4v) is 1.48. The Morgan fingerprint density at radius 3 is 2.26 bits per heavy atom. The van der Waals surface area contributed by atoms with Crippen LogP contribution in [0.1, 0.15) is 15.9 Å². The molecule has 0 aliphatic carbocycles. The molecule has 98 valence electrons. The summed E-state index contributed by atoms with van der Waals surface area (Å²) in [5.74, 6) is -0.540. The lowest BCUT2D eigenvalue weighted by atomic mass is 10.1. The summed E-state index contributed by atoms with van der Waals surface area (Å²) in [5, 5.41) is 0. The van der Waals surface area contributed by atoms with E-state index in [1.165, 1.54) is 12.1 Å². The lowest BCUT2D eigenvalue weighted by Gasteiger charge is -2.08. The number of para-hydroxylation sites is 1. The molecule has 2 aromatic carbocycles. The molecular weight excluding hydrogens is 257 g/mol. The second-order valence-electron chi connectivity index (χ2n) is 3.78. The number of carbonyl (C=O) groups is 1. The molecule has 0 radical (unpaired) electrons. The lowest BCUT2D eigenvalue weighted by Crippen LogP contribution is -2.11. The van der Waals surface area contributed by atoms with E-state index in [0.717, 1.165) is 12.1 Å². The van der Waals surface area contributed by atoms with E-state index in [9.17, 15) is 18.0 Å². The van der Waals surface area contributed by atoms with Crippen molar-refractivity contribution < 1.29 is 22.7 Å². The molecule has 0 aromatic heterocycles. The number of halogens is 3. The van der Waals surface area contributed by atoms with Crippen LogP contribution in [0.2, 0.25) is 0 Å². The number of alkyl halides is 3. The molecule has 2 rings (SSSR count). The second kappa shape index (κ2) is 5.14. The van der Waals surface area contributed by atoms with Gasteiger partial charge in [0.2, 0.25) is 0 Å². The van der Waals surface area contributed by atoms with E-state index >= 15 is 0 Å². The molecule has 0 spiro atoms. The van der Waals surface area contributed by atoms with Crippen molar-refractivity contribution in [3.63, 3.8) is 0 Å². The molecule has 0 N–H and O–H groups in total. The number of hydrogen-bond acceptors (Lipinski definition) is 2. The average Bonchev–Trinajstić information content (AvgIpc) is 2.39. The van der Waals surface area contributed by atoms with Crippen molar-refractivity contribution in [2.75, 3.05) is 0 Å². The van der Waals surface area contributed by atoms with Gasteiger partial charge in [-0.2, -0.15) is 13.2 Å². The van der Waals surface area contributed by atoms with E-state index < -0.39 is 17.7 Å². The molecule has 0 saturated heterocycles. The average molecular weight is 266 g/mol. The van der Waals surface area contributed by atoms with Gasteiger partial charge in [0, 0.05) is 0 Å². The zero-order chi connectivity index (χ0) is 13.9. The monoisotopic (exact) mass is 266 g/mol. The van der Waals surface area contributed by atoms with Gasteiger partial charge < -0.3 is 4.74 Å². The predicted molar refractivity (Wildman–Crippen MR) is 62.8 cm³/mol. The molecule has 0 bridgehead atoms. The van der Waals surface area contributed by atoms with Crippen molar-refractivity contribution in [3.05, 3.63) is 65.7 Å². The summed E-state index contributed by atoms with van der Waals surface area (Å²) in [6, 6.07) is 12.3. The van der Waals surface area contributed by atoms with Crippen LogP contribution in [-0.4, -0.2) is 5.97 Å². The van der Waals surface area contributed by atoms with Crippen LogP contribution in [0.5, 0.6) is 5.75 Å². The topological polar surface area (TPSA) is 26.3 Å². The SMILES string of the molecule is O=C(Oc1ccccc1)c1cccc(C(F)(F)F)c1. The Hall–Kier alpha value is -2.30. The molecule has 2 aromatic rings. The molecule has 0 heterocycles. The molecule has 0 aliphatic heterocycles. The largest absolute Gasteiger partial charge is 0.423 e. The molecule has 0 saturated carbocycles. The number of ether oxygens (including phenoxy) is 1. The van der Waals surface area contributed by atoms with Crippen molar-refractivity contribution in [3.8, 4) is 5.75 Å². The normalized spacial score (nSPS) is 11.1. The Balaban J connectivity index is 2.20. The maximum Gasteiger partial charge on any atom is 0.416 e. The number of hydrogen-bond donors (Lipinski definition) is 0. The third kappa shape index (κ3) is 3.34. The van der Waals surface area contributed by atoms with Crippen LogP contribution in [0.25, 0.3) is 0 Å². The highest BCUT2D eigenvalue weighted by Crippen LogP contribution is 2.29. The minimum absolute atomic E-state index is 0.140. The van der Waals surface area contributed by atoms with E-state index in [1.54, 1.807) is 30.3 Å². The molecule has 0 amide bonds. The fraction of sp³-hybridized carbons (Fsp3) is 0.0714. The maximum atomic E-state index is 12.5. The highest BCUT2D eigenvalue weighted by atomic mass is 19.4. The first kappa shape index (κ1) is 13.1. The van der Waals surface area contributed by atoms with Crippen LogP contribution in [0.15, 0.2) is 54.6 Å². The quantitative estimate of drug-likeness (QED) is 0.608. The molecule has 2 nitrogen and oxygen atoms in total. The highest BCUT2D eigenvalue weighted by Gasteiger charge is 2.31. The molecule has 0 atom stereocenters. The van der Waals surface area contributed by atoms with Crippen LogP contribution >= 0.6 is 0 Å². The van der Waals surface area contributed by atoms with Crippen molar-refractivity contribution in [1.29, 1.82) is 0 Å². The molecular formula is C14H9F3O2. The van der Waals surface area contributed by atoms with E-state index in [2.05, 4.69) is 0 Å². The van der Waals surface area contributed by atoms with Gasteiger partial charge in [-0.05, 0) is 30.3 Å².